The van der Waals surface area contributed by atoms with E-state index in [2.05, 4.69) is 11.8 Å². The van der Waals surface area contributed by atoms with Gasteiger partial charge in [-0.05, 0) is 25.8 Å². The smallest absolute Gasteiger partial charge is 0.176 e. The molecule has 0 aromatic heterocycles. The third-order valence-corrected chi connectivity index (χ3v) is 3.02. The fourth-order valence-electron chi connectivity index (χ4n) is 2.02. The maximum Gasteiger partial charge on any atom is 0.176 e. The molecular weight excluding hydrogens is 198 g/mol. The van der Waals surface area contributed by atoms with Crippen LogP contribution >= 0.6 is 0 Å². The normalized spacial score (nSPS) is 15.4. The largest absolute Gasteiger partial charge is 0.293 e. The van der Waals surface area contributed by atoms with Crippen LogP contribution in [0.4, 0.5) is 0 Å². The number of benzene rings is 1. The lowest BCUT2D eigenvalue weighted by Crippen LogP contribution is -2.32. The molecular formula is C14H19NO. The predicted molar refractivity (Wildman–Crippen MR) is 65.7 cm³/mol. The zero-order valence-electron chi connectivity index (χ0n) is 9.86. The highest BCUT2D eigenvalue weighted by molar-refractivity contribution is 5.97. The lowest BCUT2D eigenvalue weighted by molar-refractivity contribution is 0.0925. The van der Waals surface area contributed by atoms with E-state index < -0.39 is 0 Å². The maximum absolute atomic E-state index is 12.0. The van der Waals surface area contributed by atoms with Crippen molar-refractivity contribution in [2.24, 2.45) is 0 Å². The Hall–Kier alpha value is -1.15. The minimum Gasteiger partial charge on any atom is -0.293 e. The first-order chi connectivity index (χ1) is 7.81. The van der Waals surface area contributed by atoms with Crippen LogP contribution in [0, 0.1) is 0 Å². The number of hydrogen-bond donors (Lipinski definition) is 0. The first-order valence-corrected chi connectivity index (χ1v) is 6.13. The number of hydrogen-bond acceptors (Lipinski definition) is 2. The number of Topliss-reactive ketones (excluding diaryl/α,β-unsaturated/α-hetero) is 1. The van der Waals surface area contributed by atoms with Crippen molar-refractivity contribution in [3.63, 3.8) is 0 Å². The Morgan fingerprint density at radius 2 is 2.00 bits per heavy atom. The Labute approximate surface area is 97.3 Å². The molecule has 0 aliphatic heterocycles. The molecule has 16 heavy (non-hydrogen) atoms. The zero-order valence-corrected chi connectivity index (χ0v) is 9.86. The fourth-order valence-corrected chi connectivity index (χ4v) is 2.02. The summed E-state index contributed by atoms with van der Waals surface area (Å²) in [7, 11) is 0. The van der Waals surface area contributed by atoms with Gasteiger partial charge in [0.2, 0.25) is 0 Å². The molecule has 1 aliphatic rings. The molecule has 0 unspecified atom stereocenters. The topological polar surface area (TPSA) is 20.3 Å². The SMILES string of the molecule is CCCN(CC(=O)c1ccccc1)C1CC1. The molecule has 0 saturated heterocycles. The molecule has 2 nitrogen and oxygen atoms in total. The standard InChI is InChI=1S/C14H19NO/c1-2-10-15(13-8-9-13)11-14(16)12-6-4-3-5-7-12/h3-7,13H,2,8-11H2,1H3. The summed E-state index contributed by atoms with van der Waals surface area (Å²) in [5.41, 5.74) is 0.837. The van der Waals surface area contributed by atoms with Gasteiger partial charge in [-0.1, -0.05) is 37.3 Å². The number of carbonyl (C=O) groups is 1. The molecule has 1 saturated carbocycles. The van der Waals surface area contributed by atoms with E-state index >= 15 is 0 Å². The third-order valence-electron chi connectivity index (χ3n) is 3.02. The van der Waals surface area contributed by atoms with Gasteiger partial charge in [0.25, 0.3) is 0 Å². The second-order valence-electron chi connectivity index (χ2n) is 4.49. The summed E-state index contributed by atoms with van der Waals surface area (Å²) in [6, 6.07) is 10.3. The summed E-state index contributed by atoms with van der Waals surface area (Å²) >= 11 is 0. The van der Waals surface area contributed by atoms with Crippen molar-refractivity contribution in [2.75, 3.05) is 13.1 Å². The van der Waals surface area contributed by atoms with Crippen LogP contribution in [0.15, 0.2) is 30.3 Å². The van der Waals surface area contributed by atoms with Crippen LogP contribution in [0.5, 0.6) is 0 Å². The molecule has 0 spiro atoms. The van der Waals surface area contributed by atoms with Gasteiger partial charge in [-0.15, -0.1) is 0 Å². The summed E-state index contributed by atoms with van der Waals surface area (Å²) in [5, 5.41) is 0. The van der Waals surface area contributed by atoms with Crippen LogP contribution in [0.25, 0.3) is 0 Å². The first kappa shape index (κ1) is 11.3. The van der Waals surface area contributed by atoms with Gasteiger partial charge >= 0.3 is 0 Å². The van der Waals surface area contributed by atoms with Crippen LogP contribution in [0.1, 0.15) is 36.5 Å². The predicted octanol–water partition coefficient (Wildman–Crippen LogP) is 2.74. The van der Waals surface area contributed by atoms with Crippen LogP contribution < -0.4 is 0 Å². The van der Waals surface area contributed by atoms with E-state index in [1.165, 1.54) is 12.8 Å². The van der Waals surface area contributed by atoms with Gasteiger partial charge in [0.05, 0.1) is 6.54 Å². The molecule has 86 valence electrons. The monoisotopic (exact) mass is 217 g/mol. The van der Waals surface area contributed by atoms with Crippen molar-refractivity contribution in [3.05, 3.63) is 35.9 Å². The Morgan fingerprint density at radius 1 is 1.31 bits per heavy atom. The van der Waals surface area contributed by atoms with E-state index in [9.17, 15) is 4.79 Å². The Balaban J connectivity index is 1.95. The Kier molecular flexibility index (Phi) is 3.73. The highest BCUT2D eigenvalue weighted by atomic mass is 16.1. The highest BCUT2D eigenvalue weighted by Gasteiger charge is 2.29. The summed E-state index contributed by atoms with van der Waals surface area (Å²) in [4.78, 5) is 14.3. The molecule has 1 aromatic carbocycles. The van der Waals surface area contributed by atoms with Gasteiger partial charge in [0, 0.05) is 11.6 Å². The van der Waals surface area contributed by atoms with Crippen molar-refractivity contribution >= 4 is 5.78 Å². The Bertz CT molecular complexity index is 343. The number of rotatable bonds is 6. The molecule has 0 radical (unpaired) electrons. The average Bonchev–Trinajstić information content (AvgIpc) is 3.13. The molecule has 2 heteroatoms. The van der Waals surface area contributed by atoms with Crippen molar-refractivity contribution in [1.29, 1.82) is 0 Å². The lowest BCUT2D eigenvalue weighted by Gasteiger charge is -2.20. The molecule has 1 aromatic rings. The van der Waals surface area contributed by atoms with Crippen LogP contribution in [0.3, 0.4) is 0 Å². The molecule has 0 atom stereocenters. The van der Waals surface area contributed by atoms with Gasteiger partial charge in [0.1, 0.15) is 0 Å². The van der Waals surface area contributed by atoms with Crippen molar-refractivity contribution in [1.82, 2.24) is 4.90 Å². The van der Waals surface area contributed by atoms with E-state index in [1.54, 1.807) is 0 Å². The minimum atomic E-state index is 0.251. The van der Waals surface area contributed by atoms with Gasteiger partial charge in [0.15, 0.2) is 5.78 Å². The van der Waals surface area contributed by atoms with E-state index in [0.717, 1.165) is 18.5 Å². The number of ketones is 1. The van der Waals surface area contributed by atoms with Gasteiger partial charge < -0.3 is 0 Å². The minimum absolute atomic E-state index is 0.251. The second-order valence-corrected chi connectivity index (χ2v) is 4.49. The van der Waals surface area contributed by atoms with Crippen molar-refractivity contribution in [3.8, 4) is 0 Å². The van der Waals surface area contributed by atoms with Crippen LogP contribution in [0.2, 0.25) is 0 Å². The summed E-state index contributed by atoms with van der Waals surface area (Å²) in [5.74, 6) is 0.251. The van der Waals surface area contributed by atoms with E-state index in [0.29, 0.717) is 12.6 Å². The number of nitrogens with zero attached hydrogens (tertiary/aromatic N) is 1. The highest BCUT2D eigenvalue weighted by Crippen LogP contribution is 2.26. The van der Waals surface area contributed by atoms with Crippen molar-refractivity contribution in [2.45, 2.75) is 32.2 Å². The lowest BCUT2D eigenvalue weighted by atomic mass is 10.1. The molecule has 0 amide bonds. The molecule has 2 rings (SSSR count). The molecule has 1 aliphatic carbocycles. The van der Waals surface area contributed by atoms with E-state index in [1.807, 2.05) is 30.3 Å². The van der Waals surface area contributed by atoms with E-state index in [-0.39, 0.29) is 5.78 Å². The van der Waals surface area contributed by atoms with E-state index in [4.69, 9.17) is 0 Å². The quantitative estimate of drug-likeness (QED) is 0.683. The average molecular weight is 217 g/mol. The molecule has 0 bridgehead atoms. The van der Waals surface area contributed by atoms with Gasteiger partial charge in [-0.3, -0.25) is 9.69 Å². The summed E-state index contributed by atoms with van der Waals surface area (Å²) in [6.07, 6.45) is 3.66. The van der Waals surface area contributed by atoms with Crippen LogP contribution in [-0.2, 0) is 0 Å². The van der Waals surface area contributed by atoms with Gasteiger partial charge in [-0.25, -0.2) is 0 Å². The fraction of sp³-hybridized carbons (Fsp3) is 0.500. The summed E-state index contributed by atoms with van der Waals surface area (Å²) in [6.45, 7) is 3.80. The first-order valence-electron chi connectivity index (χ1n) is 6.13. The number of carbonyl (C=O) groups excluding carboxylic acids is 1. The van der Waals surface area contributed by atoms with Crippen molar-refractivity contribution < 1.29 is 4.79 Å². The maximum atomic E-state index is 12.0. The summed E-state index contributed by atoms with van der Waals surface area (Å²) < 4.78 is 0. The molecule has 0 heterocycles. The molecule has 0 N–H and O–H groups in total. The van der Waals surface area contributed by atoms with Crippen LogP contribution in [-0.4, -0.2) is 29.8 Å². The second kappa shape index (κ2) is 5.26. The Morgan fingerprint density at radius 3 is 2.56 bits per heavy atom. The third kappa shape index (κ3) is 2.92. The molecule has 1 fully saturated rings. The van der Waals surface area contributed by atoms with Gasteiger partial charge in [-0.2, -0.15) is 0 Å². The zero-order chi connectivity index (χ0) is 11.4.